The van der Waals surface area contributed by atoms with Gasteiger partial charge in [0.25, 0.3) is 0 Å². The van der Waals surface area contributed by atoms with E-state index in [-0.39, 0.29) is 11.8 Å². The number of carbonyl (C=O) groups excluding carboxylic acids is 2. The summed E-state index contributed by atoms with van der Waals surface area (Å²) in [6.07, 6.45) is -1.22. The van der Waals surface area contributed by atoms with Gasteiger partial charge in [-0.05, 0) is 74.9 Å². The smallest absolute Gasteiger partial charge is 0.245 e. The zero-order chi connectivity index (χ0) is 34.1. The first-order chi connectivity index (χ1) is 22.4. The van der Waals surface area contributed by atoms with Crippen molar-refractivity contribution < 1.29 is 29.6 Å². The van der Waals surface area contributed by atoms with Crippen molar-refractivity contribution in [1.29, 1.82) is 0 Å². The van der Waals surface area contributed by atoms with E-state index in [2.05, 4.69) is 56.9 Å². The summed E-state index contributed by atoms with van der Waals surface area (Å²) in [5.41, 5.74) is 4.18. The van der Waals surface area contributed by atoms with Crippen LogP contribution in [0.5, 0.6) is 0 Å². The first-order valence-corrected chi connectivity index (χ1v) is 17.8. The van der Waals surface area contributed by atoms with Gasteiger partial charge in [-0.15, -0.1) is 11.2 Å². The number of hydrogen-bond acceptors (Lipinski definition) is 8. The minimum Gasteiger partial charge on any atom is -0.387 e. The SMILES string of the molecule is CS#CC1O[C@@H](c2ccc(C)c(Cc3ccc(CCCC(=O)NC(C)(C)C(=O)NCCN4CCN(C)CC4)cc3)c2)[C@H](O)[C@@H](O)[C@@H]1O. The molecule has 10 nitrogen and oxygen atoms in total. The molecule has 4 rings (SSSR count). The summed E-state index contributed by atoms with van der Waals surface area (Å²) in [5, 5.41) is 40.2. The van der Waals surface area contributed by atoms with Gasteiger partial charge >= 0.3 is 0 Å². The van der Waals surface area contributed by atoms with Crippen molar-refractivity contribution in [2.45, 2.75) is 82.5 Å². The molecule has 0 spiro atoms. The highest BCUT2D eigenvalue weighted by Crippen LogP contribution is 2.33. The Balaban J connectivity index is 1.23. The van der Waals surface area contributed by atoms with Crippen LogP contribution in [0.15, 0.2) is 42.5 Å². The van der Waals surface area contributed by atoms with E-state index in [0.29, 0.717) is 25.8 Å². The van der Waals surface area contributed by atoms with Gasteiger partial charge in [-0.3, -0.25) is 14.5 Å². The third-order valence-corrected chi connectivity index (χ3v) is 9.63. The molecule has 2 heterocycles. The lowest BCUT2D eigenvalue weighted by atomic mass is 9.89. The molecule has 0 bridgehead atoms. The second kappa shape index (κ2) is 17.0. The molecule has 0 radical (unpaired) electrons. The number of rotatable bonds is 12. The average Bonchev–Trinajstić information content (AvgIpc) is 3.04. The van der Waals surface area contributed by atoms with E-state index in [0.717, 1.165) is 67.0 Å². The molecule has 2 aromatic rings. The molecule has 1 unspecified atom stereocenters. The maximum Gasteiger partial charge on any atom is 0.245 e. The summed E-state index contributed by atoms with van der Waals surface area (Å²) < 4.78 is 5.96. The van der Waals surface area contributed by atoms with E-state index in [4.69, 9.17) is 4.74 Å². The quantitative estimate of drug-likeness (QED) is 0.232. The van der Waals surface area contributed by atoms with Crippen molar-refractivity contribution in [2.24, 2.45) is 0 Å². The fourth-order valence-electron chi connectivity index (χ4n) is 6.01. The number of nitrogens with zero attached hydrogens (tertiary/aromatic N) is 2. The fraction of sp³-hybridized carbons (Fsp3) is 0.583. The number of aliphatic hydroxyl groups is 3. The van der Waals surface area contributed by atoms with Crippen LogP contribution in [0, 0.1) is 12.1 Å². The summed E-state index contributed by atoms with van der Waals surface area (Å²) in [6, 6.07) is 14.2. The molecule has 2 aliphatic heterocycles. The normalized spacial score (nSPS) is 24.0. The molecule has 2 aliphatic rings. The zero-order valence-electron chi connectivity index (χ0n) is 28.4. The van der Waals surface area contributed by atoms with Gasteiger partial charge in [-0.1, -0.05) is 47.6 Å². The zero-order valence-corrected chi connectivity index (χ0v) is 29.2. The third kappa shape index (κ3) is 10.3. The lowest BCUT2D eigenvalue weighted by molar-refractivity contribution is -0.209. The van der Waals surface area contributed by atoms with Gasteiger partial charge in [-0.2, -0.15) is 0 Å². The number of amides is 2. The highest BCUT2D eigenvalue weighted by atomic mass is 32.1. The van der Waals surface area contributed by atoms with E-state index in [1.165, 1.54) is 11.2 Å². The van der Waals surface area contributed by atoms with Gasteiger partial charge in [0.05, 0.1) is 0 Å². The van der Waals surface area contributed by atoms with E-state index >= 15 is 0 Å². The molecule has 5 N–H and O–H groups in total. The molecular formula is C36H52N4O6S. The molecule has 47 heavy (non-hydrogen) atoms. The highest BCUT2D eigenvalue weighted by molar-refractivity contribution is 7.87. The number of nitrogens with one attached hydrogen (secondary N) is 2. The van der Waals surface area contributed by atoms with Gasteiger partial charge in [0, 0.05) is 51.9 Å². The fourth-order valence-corrected chi connectivity index (χ4v) is 6.44. The van der Waals surface area contributed by atoms with Gasteiger partial charge in [0.15, 0.2) is 0 Å². The summed E-state index contributed by atoms with van der Waals surface area (Å²) in [4.78, 5) is 30.1. The molecular weight excluding hydrogens is 616 g/mol. The number of piperazine rings is 1. The largest absolute Gasteiger partial charge is 0.387 e. The van der Waals surface area contributed by atoms with E-state index in [9.17, 15) is 24.9 Å². The number of ether oxygens (including phenoxy) is 1. The Kier molecular flexibility index (Phi) is 13.4. The minimum atomic E-state index is -1.34. The lowest BCUT2D eigenvalue weighted by Crippen LogP contribution is -2.56. The van der Waals surface area contributed by atoms with Crippen LogP contribution in [0.4, 0.5) is 0 Å². The predicted octanol–water partition coefficient (Wildman–Crippen LogP) is 2.01. The van der Waals surface area contributed by atoms with Crippen molar-refractivity contribution >= 4 is 23.0 Å². The Labute approximate surface area is 283 Å². The second-order valence-electron chi connectivity index (χ2n) is 13.4. The molecule has 0 aromatic heterocycles. The molecule has 2 saturated heterocycles. The molecule has 0 saturated carbocycles. The molecule has 258 valence electrons. The molecule has 5 atom stereocenters. The minimum absolute atomic E-state index is 0.138. The van der Waals surface area contributed by atoms with Crippen molar-refractivity contribution in [2.75, 3.05) is 52.6 Å². The Hall–Kier alpha value is -2.86. The first kappa shape index (κ1) is 37.0. The molecule has 2 amide bonds. The van der Waals surface area contributed by atoms with Crippen LogP contribution in [0.2, 0.25) is 0 Å². The number of aryl methyl sites for hydroxylation is 2. The van der Waals surface area contributed by atoms with Crippen molar-refractivity contribution in [3.05, 3.63) is 70.3 Å². The van der Waals surface area contributed by atoms with Crippen LogP contribution in [-0.2, 0) is 27.2 Å². The van der Waals surface area contributed by atoms with Gasteiger partial charge in [0.1, 0.15) is 36.1 Å². The topological polar surface area (TPSA) is 135 Å². The van der Waals surface area contributed by atoms with Crippen molar-refractivity contribution in [3.63, 3.8) is 0 Å². The Bertz CT molecular complexity index is 1420. The number of carbonyl (C=O) groups is 2. The average molecular weight is 669 g/mol. The van der Waals surface area contributed by atoms with Crippen molar-refractivity contribution in [1.82, 2.24) is 20.4 Å². The summed E-state index contributed by atoms with van der Waals surface area (Å²) in [7, 11) is 2.12. The van der Waals surface area contributed by atoms with E-state index in [1.54, 1.807) is 20.1 Å². The summed E-state index contributed by atoms with van der Waals surface area (Å²) >= 11 is 1.27. The van der Waals surface area contributed by atoms with E-state index < -0.39 is 36.1 Å². The maximum absolute atomic E-state index is 12.8. The van der Waals surface area contributed by atoms with Gasteiger partial charge in [0.2, 0.25) is 11.8 Å². The first-order valence-electron chi connectivity index (χ1n) is 16.5. The standard InChI is InChI=1S/C36H52N4O6S/c1-24-9-14-27(34-33(44)32(43)31(42)29(46-34)23-47-5)22-28(24)21-26-12-10-25(11-13-26)7-6-8-30(41)38-36(2,3)35(45)37-15-16-40-19-17-39(4)18-20-40/h9-14,22,29,31-34,42-44H,6-8,15-21H2,1-5H3,(H,37,45)(H,38,41)/t29?,31-,32+,33-,34+/m1/s1. The van der Waals surface area contributed by atoms with Crippen LogP contribution < -0.4 is 10.6 Å². The highest BCUT2D eigenvalue weighted by Gasteiger charge is 2.43. The number of likely N-dealkylation sites (N-methyl/N-ethyl adjacent to an activating group) is 1. The number of aliphatic hydroxyl groups excluding tert-OH is 3. The lowest BCUT2D eigenvalue weighted by Gasteiger charge is -2.39. The van der Waals surface area contributed by atoms with Crippen LogP contribution in [0.1, 0.15) is 60.6 Å². The second-order valence-corrected chi connectivity index (χ2v) is 14.0. The van der Waals surface area contributed by atoms with Crippen LogP contribution in [0.3, 0.4) is 0 Å². The monoisotopic (exact) mass is 668 g/mol. The summed E-state index contributed by atoms with van der Waals surface area (Å²) in [6.45, 7) is 11.0. The van der Waals surface area contributed by atoms with Crippen molar-refractivity contribution in [3.8, 4) is 5.18 Å². The van der Waals surface area contributed by atoms with Crippen LogP contribution >= 0.6 is 11.2 Å². The number of benzene rings is 2. The Morgan fingerprint density at radius 3 is 2.36 bits per heavy atom. The van der Waals surface area contributed by atoms with Crippen LogP contribution in [0.25, 0.3) is 0 Å². The van der Waals surface area contributed by atoms with Crippen LogP contribution in [-0.4, -0.2) is 119 Å². The molecule has 11 heteroatoms. The Morgan fingerprint density at radius 2 is 1.68 bits per heavy atom. The molecule has 2 fully saturated rings. The maximum atomic E-state index is 12.8. The van der Waals surface area contributed by atoms with E-state index in [1.807, 2.05) is 25.1 Å². The predicted molar refractivity (Wildman–Crippen MR) is 186 cm³/mol. The third-order valence-electron chi connectivity index (χ3n) is 9.17. The molecule has 0 aliphatic carbocycles. The Morgan fingerprint density at radius 1 is 1.00 bits per heavy atom. The number of hydrogen-bond donors (Lipinski definition) is 5. The van der Waals surface area contributed by atoms with Gasteiger partial charge < -0.3 is 35.6 Å². The summed E-state index contributed by atoms with van der Waals surface area (Å²) in [5.74, 6) is -0.312. The molecule has 2 aromatic carbocycles. The van der Waals surface area contributed by atoms with Gasteiger partial charge in [-0.25, -0.2) is 0 Å².